The molecule has 1 aromatic heterocycles. The Kier molecular flexibility index (Phi) is 4.21. The van der Waals surface area contributed by atoms with E-state index in [2.05, 4.69) is 0 Å². The third-order valence-electron chi connectivity index (χ3n) is 3.32. The summed E-state index contributed by atoms with van der Waals surface area (Å²) in [6.45, 7) is 5.86. The Bertz CT molecular complexity index is 774. The Hall–Kier alpha value is -2.43. The molecule has 0 N–H and O–H groups in total. The molecule has 5 heteroatoms. The van der Waals surface area contributed by atoms with Gasteiger partial charge in [0.1, 0.15) is 5.56 Å². The highest BCUT2D eigenvalue weighted by Crippen LogP contribution is 2.15. The minimum Gasteiger partial charge on any atom is -0.462 e. The Balaban J connectivity index is 2.76. The van der Waals surface area contributed by atoms with Gasteiger partial charge in [-0.3, -0.25) is 9.59 Å². The number of ether oxygens (including phenoxy) is 1. The SMILES string of the molecule is CCOC(=O)c1cn(CC)c2cc(C(C)=O)ccc2c1=O. The maximum atomic E-state index is 12.4. The summed E-state index contributed by atoms with van der Waals surface area (Å²) in [5.74, 6) is -0.691. The van der Waals surface area contributed by atoms with Crippen LogP contribution in [0.15, 0.2) is 29.2 Å². The lowest BCUT2D eigenvalue weighted by Gasteiger charge is -2.12. The van der Waals surface area contributed by atoms with Gasteiger partial charge in [-0.05, 0) is 32.9 Å². The lowest BCUT2D eigenvalue weighted by Crippen LogP contribution is -2.21. The summed E-state index contributed by atoms with van der Waals surface area (Å²) in [5, 5.41) is 0.410. The molecule has 0 saturated heterocycles. The molecule has 0 bridgehead atoms. The van der Waals surface area contributed by atoms with E-state index in [0.717, 1.165) is 0 Å². The number of rotatable bonds is 4. The number of pyridine rings is 1. The second kappa shape index (κ2) is 5.91. The van der Waals surface area contributed by atoms with Crippen molar-refractivity contribution in [2.24, 2.45) is 0 Å². The first-order chi connectivity index (χ1) is 9.99. The zero-order valence-corrected chi connectivity index (χ0v) is 12.3. The molecule has 1 aromatic carbocycles. The number of aryl methyl sites for hydroxylation is 1. The standard InChI is InChI=1S/C16H17NO4/c1-4-17-9-13(16(20)21-5-2)15(19)12-7-6-11(10(3)18)8-14(12)17/h6-9H,4-5H2,1-3H3. The van der Waals surface area contributed by atoms with Crippen LogP contribution in [0.3, 0.4) is 0 Å². The van der Waals surface area contributed by atoms with Gasteiger partial charge in [-0.25, -0.2) is 4.79 Å². The maximum absolute atomic E-state index is 12.4. The van der Waals surface area contributed by atoms with Gasteiger partial charge in [0, 0.05) is 23.7 Å². The fourth-order valence-corrected chi connectivity index (χ4v) is 2.23. The van der Waals surface area contributed by atoms with E-state index >= 15 is 0 Å². The quantitative estimate of drug-likeness (QED) is 0.640. The van der Waals surface area contributed by atoms with Crippen molar-refractivity contribution in [2.45, 2.75) is 27.3 Å². The Morgan fingerprint density at radius 3 is 2.52 bits per heavy atom. The molecule has 1 heterocycles. The normalized spacial score (nSPS) is 10.6. The third kappa shape index (κ3) is 2.72. The van der Waals surface area contributed by atoms with Crippen molar-refractivity contribution < 1.29 is 14.3 Å². The number of carbonyl (C=O) groups excluding carboxylic acids is 2. The van der Waals surface area contributed by atoms with Crippen molar-refractivity contribution in [3.8, 4) is 0 Å². The molecule has 0 fully saturated rings. The third-order valence-corrected chi connectivity index (χ3v) is 3.32. The molecular weight excluding hydrogens is 270 g/mol. The lowest BCUT2D eigenvalue weighted by atomic mass is 10.1. The number of Topliss-reactive ketones (excluding diaryl/α,β-unsaturated/α-hetero) is 1. The van der Waals surface area contributed by atoms with E-state index in [4.69, 9.17) is 4.74 Å². The second-order valence-corrected chi connectivity index (χ2v) is 4.67. The monoisotopic (exact) mass is 287 g/mol. The summed E-state index contributed by atoms with van der Waals surface area (Å²) in [7, 11) is 0. The van der Waals surface area contributed by atoms with Crippen LogP contribution >= 0.6 is 0 Å². The molecule has 0 saturated carbocycles. The Morgan fingerprint density at radius 1 is 1.24 bits per heavy atom. The van der Waals surface area contributed by atoms with Gasteiger partial charge in [0.2, 0.25) is 5.43 Å². The van der Waals surface area contributed by atoms with Crippen LogP contribution in [0.1, 0.15) is 41.5 Å². The minimum atomic E-state index is -0.623. The van der Waals surface area contributed by atoms with Crippen molar-refractivity contribution in [3.63, 3.8) is 0 Å². The van der Waals surface area contributed by atoms with Gasteiger partial charge in [-0.1, -0.05) is 6.07 Å². The molecule has 0 amide bonds. The van der Waals surface area contributed by atoms with Crippen molar-refractivity contribution in [2.75, 3.05) is 6.61 Å². The fourth-order valence-electron chi connectivity index (χ4n) is 2.23. The topological polar surface area (TPSA) is 65.4 Å². The van der Waals surface area contributed by atoms with Gasteiger partial charge in [-0.15, -0.1) is 0 Å². The van der Waals surface area contributed by atoms with Crippen LogP contribution in [0, 0.1) is 0 Å². The van der Waals surface area contributed by atoms with E-state index in [0.29, 0.717) is 23.0 Å². The number of carbonyl (C=O) groups is 2. The molecule has 0 atom stereocenters. The molecule has 0 radical (unpaired) electrons. The molecule has 110 valence electrons. The van der Waals surface area contributed by atoms with Gasteiger partial charge in [0.15, 0.2) is 5.78 Å². The molecule has 0 aliphatic carbocycles. The number of esters is 1. The summed E-state index contributed by atoms with van der Waals surface area (Å²) >= 11 is 0. The van der Waals surface area contributed by atoms with Gasteiger partial charge in [-0.2, -0.15) is 0 Å². The van der Waals surface area contributed by atoms with Gasteiger partial charge in [0.25, 0.3) is 0 Å². The van der Waals surface area contributed by atoms with Crippen LogP contribution in [-0.2, 0) is 11.3 Å². The molecule has 0 aliphatic heterocycles. The minimum absolute atomic E-state index is 0.0155. The average Bonchev–Trinajstić information content (AvgIpc) is 2.47. The van der Waals surface area contributed by atoms with E-state index in [-0.39, 0.29) is 23.4 Å². The first kappa shape index (κ1) is 15.0. The van der Waals surface area contributed by atoms with E-state index in [1.54, 1.807) is 29.7 Å². The van der Waals surface area contributed by atoms with E-state index in [9.17, 15) is 14.4 Å². The van der Waals surface area contributed by atoms with Crippen LogP contribution in [0.4, 0.5) is 0 Å². The number of hydrogen-bond acceptors (Lipinski definition) is 4. The Morgan fingerprint density at radius 2 is 1.95 bits per heavy atom. The number of ketones is 1. The molecule has 2 rings (SSSR count). The van der Waals surface area contributed by atoms with E-state index in [1.165, 1.54) is 13.1 Å². The van der Waals surface area contributed by atoms with Crippen molar-refractivity contribution >= 4 is 22.7 Å². The lowest BCUT2D eigenvalue weighted by molar-refractivity contribution is 0.0524. The van der Waals surface area contributed by atoms with Gasteiger partial charge >= 0.3 is 5.97 Å². The summed E-state index contributed by atoms with van der Waals surface area (Å²) in [4.78, 5) is 35.7. The van der Waals surface area contributed by atoms with Crippen LogP contribution in [-0.4, -0.2) is 22.9 Å². The molecule has 21 heavy (non-hydrogen) atoms. The number of benzene rings is 1. The largest absolute Gasteiger partial charge is 0.462 e. The van der Waals surface area contributed by atoms with Gasteiger partial charge < -0.3 is 9.30 Å². The van der Waals surface area contributed by atoms with E-state index in [1.807, 2.05) is 6.92 Å². The van der Waals surface area contributed by atoms with Crippen molar-refractivity contribution in [3.05, 3.63) is 45.7 Å². The number of aromatic nitrogens is 1. The zero-order chi connectivity index (χ0) is 15.6. The smallest absolute Gasteiger partial charge is 0.343 e. The first-order valence-electron chi connectivity index (χ1n) is 6.84. The van der Waals surface area contributed by atoms with Crippen LogP contribution < -0.4 is 5.43 Å². The molecule has 0 spiro atoms. The number of fused-ring (bicyclic) bond motifs is 1. The predicted octanol–water partition coefficient (Wildman–Crippen LogP) is 2.40. The molecule has 2 aromatic rings. The highest BCUT2D eigenvalue weighted by molar-refractivity contribution is 5.99. The first-order valence-corrected chi connectivity index (χ1v) is 6.84. The fraction of sp³-hybridized carbons (Fsp3) is 0.312. The van der Waals surface area contributed by atoms with Crippen LogP contribution in [0.5, 0.6) is 0 Å². The van der Waals surface area contributed by atoms with Crippen LogP contribution in [0.25, 0.3) is 10.9 Å². The molecule has 0 aliphatic rings. The van der Waals surface area contributed by atoms with E-state index < -0.39 is 5.97 Å². The maximum Gasteiger partial charge on any atom is 0.343 e. The highest BCUT2D eigenvalue weighted by atomic mass is 16.5. The van der Waals surface area contributed by atoms with Gasteiger partial charge in [0.05, 0.1) is 12.1 Å². The summed E-state index contributed by atoms with van der Waals surface area (Å²) in [5.41, 5.74) is 0.821. The second-order valence-electron chi connectivity index (χ2n) is 4.67. The Labute approximate surface area is 122 Å². The van der Waals surface area contributed by atoms with Crippen molar-refractivity contribution in [1.29, 1.82) is 0 Å². The van der Waals surface area contributed by atoms with Crippen molar-refractivity contribution in [1.82, 2.24) is 4.57 Å². The molecular formula is C16H17NO4. The summed E-state index contributed by atoms with van der Waals surface area (Å²) in [6.07, 6.45) is 1.49. The summed E-state index contributed by atoms with van der Waals surface area (Å²) < 4.78 is 6.69. The summed E-state index contributed by atoms with van der Waals surface area (Å²) in [6, 6.07) is 4.86. The van der Waals surface area contributed by atoms with Crippen LogP contribution in [0.2, 0.25) is 0 Å². The number of nitrogens with zero attached hydrogens (tertiary/aromatic N) is 1. The predicted molar refractivity (Wildman–Crippen MR) is 79.8 cm³/mol. The number of hydrogen-bond donors (Lipinski definition) is 0. The average molecular weight is 287 g/mol. The highest BCUT2D eigenvalue weighted by Gasteiger charge is 2.16. The molecule has 5 nitrogen and oxygen atoms in total. The zero-order valence-electron chi connectivity index (χ0n) is 12.3. The molecule has 0 unspecified atom stereocenters.